The molecule has 6 nitrogen and oxygen atoms in total. The molecule has 1 aromatic carbocycles. The summed E-state index contributed by atoms with van der Waals surface area (Å²) >= 11 is 0. The van der Waals surface area contributed by atoms with E-state index in [9.17, 15) is 9.59 Å². The Morgan fingerprint density at radius 2 is 2.00 bits per heavy atom. The number of para-hydroxylation sites is 1. The predicted octanol–water partition coefficient (Wildman–Crippen LogP) is 2.18. The molecule has 0 aliphatic carbocycles. The summed E-state index contributed by atoms with van der Waals surface area (Å²) in [5.74, 6) is -1.08. The van der Waals surface area contributed by atoms with Gasteiger partial charge in [0.05, 0.1) is 23.7 Å². The molecule has 0 aromatic heterocycles. The van der Waals surface area contributed by atoms with Crippen LogP contribution in [0.4, 0.5) is 10.5 Å². The second-order valence-electron chi connectivity index (χ2n) is 4.15. The number of hydrogen-bond acceptors (Lipinski definition) is 3. The lowest BCUT2D eigenvalue weighted by Crippen LogP contribution is -2.42. The third kappa shape index (κ3) is 3.48. The fourth-order valence-electron chi connectivity index (χ4n) is 1.84. The number of nitriles is 1. The van der Waals surface area contributed by atoms with Crippen LogP contribution < -0.4 is 4.90 Å². The Hall–Kier alpha value is -2.55. The number of carbonyl (C=O) groups excluding carboxylic acids is 1. The Labute approximate surface area is 117 Å². The largest absolute Gasteiger partial charge is 0.478 e. The fourth-order valence-corrected chi connectivity index (χ4v) is 1.84. The Balaban J connectivity index is 2.99. The van der Waals surface area contributed by atoms with Gasteiger partial charge < -0.3 is 10.0 Å². The highest BCUT2D eigenvalue weighted by Gasteiger charge is 2.21. The number of hydrogen-bond donors (Lipinski definition) is 1. The van der Waals surface area contributed by atoms with E-state index < -0.39 is 5.97 Å². The van der Waals surface area contributed by atoms with Crippen molar-refractivity contribution in [2.24, 2.45) is 0 Å². The molecule has 106 valence electrons. The monoisotopic (exact) mass is 275 g/mol. The van der Waals surface area contributed by atoms with Gasteiger partial charge in [-0.15, -0.1) is 0 Å². The van der Waals surface area contributed by atoms with Crippen molar-refractivity contribution in [3.63, 3.8) is 0 Å². The third-order valence-electron chi connectivity index (χ3n) is 2.93. The van der Waals surface area contributed by atoms with Crippen LogP contribution in [0, 0.1) is 11.3 Å². The van der Waals surface area contributed by atoms with E-state index in [-0.39, 0.29) is 18.0 Å². The number of aromatic carboxylic acids is 1. The number of rotatable bonds is 5. The minimum Gasteiger partial charge on any atom is -0.478 e. The van der Waals surface area contributed by atoms with Gasteiger partial charge in [0.2, 0.25) is 0 Å². The van der Waals surface area contributed by atoms with E-state index in [2.05, 4.69) is 0 Å². The number of carboxylic acids is 1. The summed E-state index contributed by atoms with van der Waals surface area (Å²) in [7, 11) is 1.53. The zero-order valence-electron chi connectivity index (χ0n) is 11.5. The van der Waals surface area contributed by atoms with Crippen LogP contribution >= 0.6 is 0 Å². The molecule has 0 saturated heterocycles. The first-order chi connectivity index (χ1) is 9.52. The van der Waals surface area contributed by atoms with Gasteiger partial charge in [-0.3, -0.25) is 4.90 Å². The van der Waals surface area contributed by atoms with E-state index >= 15 is 0 Å². The Morgan fingerprint density at radius 3 is 2.55 bits per heavy atom. The van der Waals surface area contributed by atoms with Crippen molar-refractivity contribution < 1.29 is 14.7 Å². The van der Waals surface area contributed by atoms with Crippen molar-refractivity contribution >= 4 is 17.7 Å². The van der Waals surface area contributed by atoms with Crippen molar-refractivity contribution in [2.45, 2.75) is 13.3 Å². The Kier molecular flexibility index (Phi) is 5.54. The molecule has 0 fully saturated rings. The van der Waals surface area contributed by atoms with Gasteiger partial charge in [0.1, 0.15) is 0 Å². The second-order valence-corrected chi connectivity index (χ2v) is 4.15. The second kappa shape index (κ2) is 7.14. The SMILES string of the molecule is CCN(CCC#N)C(=O)N(C)c1ccccc1C(=O)O. The van der Waals surface area contributed by atoms with Crippen molar-refractivity contribution in [2.75, 3.05) is 25.0 Å². The van der Waals surface area contributed by atoms with Crippen molar-refractivity contribution in [3.8, 4) is 6.07 Å². The molecule has 0 radical (unpaired) electrons. The molecular weight excluding hydrogens is 258 g/mol. The van der Waals surface area contributed by atoms with Crippen molar-refractivity contribution in [1.82, 2.24) is 4.90 Å². The summed E-state index contributed by atoms with van der Waals surface area (Å²) < 4.78 is 0. The lowest BCUT2D eigenvalue weighted by Gasteiger charge is -2.27. The molecule has 0 heterocycles. The molecular formula is C14H17N3O3. The molecule has 0 spiro atoms. The van der Waals surface area contributed by atoms with Crippen molar-refractivity contribution in [1.29, 1.82) is 5.26 Å². The van der Waals surface area contributed by atoms with Gasteiger partial charge in [0, 0.05) is 20.1 Å². The van der Waals surface area contributed by atoms with E-state index in [1.54, 1.807) is 18.2 Å². The molecule has 0 saturated carbocycles. The topological polar surface area (TPSA) is 84.6 Å². The van der Waals surface area contributed by atoms with Gasteiger partial charge in [-0.1, -0.05) is 12.1 Å². The molecule has 6 heteroatoms. The summed E-state index contributed by atoms with van der Waals surface area (Å²) in [6, 6.07) is 7.99. The number of carbonyl (C=O) groups is 2. The normalized spacial score (nSPS) is 9.65. The molecule has 2 amide bonds. The molecule has 1 aromatic rings. The predicted molar refractivity (Wildman–Crippen MR) is 74.7 cm³/mol. The van der Waals surface area contributed by atoms with E-state index in [1.165, 1.54) is 22.9 Å². The van der Waals surface area contributed by atoms with Gasteiger partial charge in [-0.2, -0.15) is 5.26 Å². The molecule has 0 unspecified atom stereocenters. The third-order valence-corrected chi connectivity index (χ3v) is 2.93. The summed E-state index contributed by atoms with van der Waals surface area (Å²) in [5.41, 5.74) is 0.403. The van der Waals surface area contributed by atoms with E-state index in [4.69, 9.17) is 10.4 Å². The molecule has 1 N–H and O–H groups in total. The summed E-state index contributed by atoms with van der Waals surface area (Å²) in [4.78, 5) is 26.3. The van der Waals surface area contributed by atoms with Crippen LogP contribution in [0.5, 0.6) is 0 Å². The first kappa shape index (κ1) is 15.5. The highest BCUT2D eigenvalue weighted by atomic mass is 16.4. The summed E-state index contributed by atoms with van der Waals surface area (Å²) in [5, 5.41) is 17.7. The van der Waals surface area contributed by atoms with Gasteiger partial charge >= 0.3 is 12.0 Å². The minimum atomic E-state index is -1.08. The number of amides is 2. The summed E-state index contributed by atoms with van der Waals surface area (Å²) in [6.07, 6.45) is 0.244. The quantitative estimate of drug-likeness (QED) is 0.892. The molecule has 20 heavy (non-hydrogen) atoms. The lowest BCUT2D eigenvalue weighted by molar-refractivity contribution is 0.0697. The fraction of sp³-hybridized carbons (Fsp3) is 0.357. The standard InChI is InChI=1S/C14H17N3O3/c1-3-17(10-6-9-15)14(20)16(2)12-8-5-4-7-11(12)13(18)19/h4-5,7-8H,3,6,10H2,1-2H3,(H,18,19). The summed E-state index contributed by atoms with van der Waals surface area (Å²) in [6.45, 7) is 2.59. The van der Waals surface area contributed by atoms with Crippen LogP contribution in [-0.2, 0) is 0 Å². The van der Waals surface area contributed by atoms with Crippen LogP contribution in [-0.4, -0.2) is 42.1 Å². The lowest BCUT2D eigenvalue weighted by atomic mass is 10.1. The van der Waals surface area contributed by atoms with Crippen LogP contribution in [0.2, 0.25) is 0 Å². The zero-order valence-corrected chi connectivity index (χ0v) is 11.5. The molecule has 0 aliphatic rings. The Morgan fingerprint density at radius 1 is 1.35 bits per heavy atom. The average Bonchev–Trinajstić information content (AvgIpc) is 2.46. The first-order valence-electron chi connectivity index (χ1n) is 6.24. The maximum Gasteiger partial charge on any atom is 0.337 e. The first-order valence-corrected chi connectivity index (χ1v) is 6.24. The van der Waals surface area contributed by atoms with Gasteiger partial charge in [-0.25, -0.2) is 9.59 Å². The van der Waals surface area contributed by atoms with Gasteiger partial charge in [-0.05, 0) is 19.1 Å². The number of anilines is 1. The Bertz CT molecular complexity index is 537. The minimum absolute atomic E-state index is 0.0692. The number of benzene rings is 1. The van der Waals surface area contributed by atoms with E-state index in [1.807, 2.05) is 13.0 Å². The van der Waals surface area contributed by atoms with Crippen LogP contribution in [0.1, 0.15) is 23.7 Å². The van der Waals surface area contributed by atoms with E-state index in [0.717, 1.165) is 0 Å². The highest BCUT2D eigenvalue weighted by molar-refractivity contribution is 6.01. The molecule has 1 rings (SSSR count). The molecule has 0 aliphatic heterocycles. The smallest absolute Gasteiger partial charge is 0.337 e. The zero-order chi connectivity index (χ0) is 15.1. The number of carboxylic acid groups (broad SMARTS) is 1. The van der Waals surface area contributed by atoms with Crippen LogP contribution in [0.3, 0.4) is 0 Å². The van der Waals surface area contributed by atoms with Gasteiger partial charge in [0.25, 0.3) is 0 Å². The molecule has 0 atom stereocenters. The highest BCUT2D eigenvalue weighted by Crippen LogP contribution is 2.20. The van der Waals surface area contributed by atoms with Gasteiger partial charge in [0.15, 0.2) is 0 Å². The van der Waals surface area contributed by atoms with Crippen LogP contribution in [0.25, 0.3) is 0 Å². The number of urea groups is 1. The van der Waals surface area contributed by atoms with Crippen molar-refractivity contribution in [3.05, 3.63) is 29.8 Å². The molecule has 0 bridgehead atoms. The maximum atomic E-state index is 12.3. The average molecular weight is 275 g/mol. The maximum absolute atomic E-state index is 12.3. The number of nitrogens with zero attached hydrogens (tertiary/aromatic N) is 3. The van der Waals surface area contributed by atoms with Crippen LogP contribution in [0.15, 0.2) is 24.3 Å². The van der Waals surface area contributed by atoms with E-state index in [0.29, 0.717) is 18.8 Å².